The highest BCUT2D eigenvalue weighted by molar-refractivity contribution is 6.38. The maximum atomic E-state index is 12.9. The number of halogens is 3. The first-order chi connectivity index (χ1) is 17.8. The standard InChI is InChI=1S/C29H30F3NO5/c1-19-6-13-23(16-25(19)37-18-21-9-14-24(15-10-21)38-29(30,31)32)33(26(34)27(35)36-5)17-20-7-11-22(12-8-20)28(2,3)4/h6-16H,17-18H2,1-5H3. The highest BCUT2D eigenvalue weighted by atomic mass is 19.4. The van der Waals surface area contributed by atoms with E-state index in [-0.39, 0.29) is 24.3 Å². The Kier molecular flexibility index (Phi) is 8.70. The Morgan fingerprint density at radius 2 is 1.47 bits per heavy atom. The summed E-state index contributed by atoms with van der Waals surface area (Å²) in [5.41, 5.74) is 3.73. The number of hydrogen-bond acceptors (Lipinski definition) is 5. The van der Waals surface area contributed by atoms with Crippen LogP contribution in [0.2, 0.25) is 0 Å². The zero-order valence-electron chi connectivity index (χ0n) is 21.9. The fourth-order valence-corrected chi connectivity index (χ4v) is 3.63. The van der Waals surface area contributed by atoms with E-state index in [0.717, 1.165) is 23.8 Å². The molecule has 0 unspecified atom stereocenters. The average molecular weight is 530 g/mol. The van der Waals surface area contributed by atoms with Crippen LogP contribution in [0, 0.1) is 6.92 Å². The molecule has 3 rings (SSSR count). The topological polar surface area (TPSA) is 65.1 Å². The molecule has 3 aromatic carbocycles. The molecule has 0 aliphatic heterocycles. The molecule has 38 heavy (non-hydrogen) atoms. The van der Waals surface area contributed by atoms with Crippen LogP contribution in [0.4, 0.5) is 18.9 Å². The zero-order chi connectivity index (χ0) is 28.1. The Bertz CT molecular complexity index is 1260. The molecule has 3 aromatic rings. The number of aryl methyl sites for hydroxylation is 1. The van der Waals surface area contributed by atoms with Gasteiger partial charge in [0.1, 0.15) is 18.1 Å². The number of alkyl halides is 3. The largest absolute Gasteiger partial charge is 0.573 e. The normalized spacial score (nSPS) is 11.6. The molecule has 0 aliphatic rings. The number of methoxy groups -OCH3 is 1. The van der Waals surface area contributed by atoms with Gasteiger partial charge in [0, 0.05) is 11.8 Å². The maximum Gasteiger partial charge on any atom is 0.573 e. The van der Waals surface area contributed by atoms with Crippen molar-refractivity contribution in [2.75, 3.05) is 12.0 Å². The van der Waals surface area contributed by atoms with Gasteiger partial charge < -0.3 is 14.2 Å². The lowest BCUT2D eigenvalue weighted by Gasteiger charge is -2.24. The molecule has 0 aromatic heterocycles. The van der Waals surface area contributed by atoms with Crippen LogP contribution < -0.4 is 14.4 Å². The Hall–Kier alpha value is -4.01. The Morgan fingerprint density at radius 3 is 2.03 bits per heavy atom. The first kappa shape index (κ1) is 28.6. The second-order valence-corrected chi connectivity index (χ2v) is 9.76. The molecule has 202 valence electrons. The van der Waals surface area contributed by atoms with Crippen LogP contribution >= 0.6 is 0 Å². The van der Waals surface area contributed by atoms with E-state index in [4.69, 9.17) is 4.74 Å². The summed E-state index contributed by atoms with van der Waals surface area (Å²) >= 11 is 0. The first-order valence-corrected chi connectivity index (χ1v) is 11.8. The Balaban J connectivity index is 1.82. The molecule has 0 fully saturated rings. The van der Waals surface area contributed by atoms with E-state index < -0.39 is 18.2 Å². The van der Waals surface area contributed by atoms with Crippen LogP contribution in [0.15, 0.2) is 66.7 Å². The third-order valence-electron chi connectivity index (χ3n) is 5.80. The summed E-state index contributed by atoms with van der Waals surface area (Å²) in [4.78, 5) is 26.4. The van der Waals surface area contributed by atoms with Crippen molar-refractivity contribution in [2.24, 2.45) is 0 Å². The van der Waals surface area contributed by atoms with Crippen LogP contribution in [0.25, 0.3) is 0 Å². The summed E-state index contributed by atoms with van der Waals surface area (Å²) in [6.07, 6.45) is -4.77. The number of nitrogens with zero attached hydrogens (tertiary/aromatic N) is 1. The van der Waals surface area contributed by atoms with E-state index in [1.165, 1.54) is 29.2 Å². The number of ether oxygens (including phenoxy) is 3. The molecule has 0 saturated heterocycles. The summed E-state index contributed by atoms with van der Waals surface area (Å²) < 4.78 is 51.6. The fourth-order valence-electron chi connectivity index (χ4n) is 3.63. The minimum Gasteiger partial charge on any atom is -0.489 e. The minimum atomic E-state index is -4.77. The van der Waals surface area contributed by atoms with Crippen molar-refractivity contribution in [3.05, 3.63) is 89.0 Å². The van der Waals surface area contributed by atoms with E-state index in [9.17, 15) is 22.8 Å². The molecule has 0 heterocycles. The highest BCUT2D eigenvalue weighted by Crippen LogP contribution is 2.29. The van der Waals surface area contributed by atoms with Crippen LogP contribution in [-0.2, 0) is 32.9 Å². The lowest BCUT2D eigenvalue weighted by Crippen LogP contribution is -2.37. The van der Waals surface area contributed by atoms with Crippen molar-refractivity contribution in [3.63, 3.8) is 0 Å². The summed E-state index contributed by atoms with van der Waals surface area (Å²) in [6, 6.07) is 18.3. The van der Waals surface area contributed by atoms with Gasteiger partial charge in [0.15, 0.2) is 0 Å². The van der Waals surface area contributed by atoms with Crippen LogP contribution in [0.3, 0.4) is 0 Å². The van der Waals surface area contributed by atoms with E-state index in [2.05, 4.69) is 30.2 Å². The molecular weight excluding hydrogens is 499 g/mol. The third kappa shape index (κ3) is 7.74. The maximum absolute atomic E-state index is 12.9. The summed E-state index contributed by atoms with van der Waals surface area (Å²) in [5, 5.41) is 0. The monoisotopic (exact) mass is 529 g/mol. The molecule has 0 N–H and O–H groups in total. The molecule has 0 aliphatic carbocycles. The molecule has 0 bridgehead atoms. The molecular formula is C29H30F3NO5. The van der Waals surface area contributed by atoms with Crippen LogP contribution in [0.1, 0.15) is 43.0 Å². The predicted octanol–water partition coefficient (Wildman–Crippen LogP) is 6.48. The van der Waals surface area contributed by atoms with Gasteiger partial charge in [0.25, 0.3) is 0 Å². The number of esters is 1. The van der Waals surface area contributed by atoms with Crippen molar-refractivity contribution in [1.29, 1.82) is 0 Å². The average Bonchev–Trinajstić information content (AvgIpc) is 2.85. The van der Waals surface area contributed by atoms with Gasteiger partial charge >= 0.3 is 18.2 Å². The summed E-state index contributed by atoms with van der Waals surface area (Å²) in [6.45, 7) is 8.32. The molecule has 9 heteroatoms. The van der Waals surface area contributed by atoms with Crippen molar-refractivity contribution in [2.45, 2.75) is 52.6 Å². The van der Waals surface area contributed by atoms with Gasteiger partial charge in [-0.15, -0.1) is 13.2 Å². The quantitative estimate of drug-likeness (QED) is 0.259. The van der Waals surface area contributed by atoms with E-state index in [1.54, 1.807) is 18.2 Å². The van der Waals surface area contributed by atoms with Crippen LogP contribution in [-0.4, -0.2) is 25.3 Å². The van der Waals surface area contributed by atoms with Crippen molar-refractivity contribution in [3.8, 4) is 11.5 Å². The Morgan fingerprint density at radius 1 is 0.868 bits per heavy atom. The number of benzene rings is 3. The van der Waals surface area contributed by atoms with Crippen LogP contribution in [0.5, 0.6) is 11.5 Å². The lowest BCUT2D eigenvalue weighted by molar-refractivity contribution is -0.274. The Labute approximate surface area is 219 Å². The number of hydrogen-bond donors (Lipinski definition) is 0. The second kappa shape index (κ2) is 11.6. The van der Waals surface area contributed by atoms with Gasteiger partial charge in [0.2, 0.25) is 0 Å². The van der Waals surface area contributed by atoms with Gasteiger partial charge in [-0.3, -0.25) is 9.69 Å². The number of amides is 1. The molecule has 1 amide bonds. The summed E-state index contributed by atoms with van der Waals surface area (Å²) in [7, 11) is 1.14. The van der Waals surface area contributed by atoms with Crippen molar-refractivity contribution >= 4 is 17.6 Å². The molecule has 0 radical (unpaired) electrons. The van der Waals surface area contributed by atoms with Gasteiger partial charge in [-0.2, -0.15) is 0 Å². The van der Waals surface area contributed by atoms with Gasteiger partial charge in [-0.25, -0.2) is 4.79 Å². The van der Waals surface area contributed by atoms with E-state index in [0.29, 0.717) is 17.0 Å². The number of anilines is 1. The minimum absolute atomic E-state index is 0.0328. The van der Waals surface area contributed by atoms with E-state index >= 15 is 0 Å². The molecule has 0 atom stereocenters. The van der Waals surface area contributed by atoms with Gasteiger partial charge in [0.05, 0.1) is 13.7 Å². The number of carbonyl (C=O) groups excluding carboxylic acids is 2. The molecule has 0 saturated carbocycles. The fraction of sp³-hybridized carbons (Fsp3) is 0.310. The van der Waals surface area contributed by atoms with Crippen molar-refractivity contribution < 1.29 is 37.0 Å². The molecule has 6 nitrogen and oxygen atoms in total. The zero-order valence-corrected chi connectivity index (χ0v) is 21.9. The second-order valence-electron chi connectivity index (χ2n) is 9.76. The van der Waals surface area contributed by atoms with Gasteiger partial charge in [-0.05, 0) is 52.8 Å². The lowest BCUT2D eigenvalue weighted by atomic mass is 9.87. The smallest absolute Gasteiger partial charge is 0.489 e. The third-order valence-corrected chi connectivity index (χ3v) is 5.80. The first-order valence-electron chi connectivity index (χ1n) is 11.8. The van der Waals surface area contributed by atoms with Gasteiger partial charge in [-0.1, -0.05) is 63.2 Å². The summed E-state index contributed by atoms with van der Waals surface area (Å²) in [5.74, 6) is -1.71. The number of rotatable bonds is 7. The van der Waals surface area contributed by atoms with Crippen molar-refractivity contribution in [1.82, 2.24) is 0 Å². The molecule has 0 spiro atoms. The SMILES string of the molecule is COC(=O)C(=O)N(Cc1ccc(C(C)(C)C)cc1)c1ccc(C)c(OCc2ccc(OC(F)(F)F)cc2)c1. The number of carbonyl (C=O) groups is 2. The highest BCUT2D eigenvalue weighted by Gasteiger charge is 2.31. The predicted molar refractivity (Wildman–Crippen MR) is 137 cm³/mol. The van der Waals surface area contributed by atoms with E-state index in [1.807, 2.05) is 31.2 Å².